The van der Waals surface area contributed by atoms with Crippen LogP contribution in [0, 0.1) is 0 Å². The molecule has 0 saturated carbocycles. The molecule has 0 atom stereocenters. The molecular weight excluding hydrogens is 189 g/mol. The number of hydrogen-bond acceptors (Lipinski definition) is 1. The van der Waals surface area contributed by atoms with E-state index >= 15 is 0 Å². The minimum atomic E-state index is 0. The first-order valence-electron chi connectivity index (χ1n) is 0.996. The van der Waals surface area contributed by atoms with Crippen LogP contribution in [0.3, 0.4) is 0 Å². The van der Waals surface area contributed by atoms with Crippen molar-refractivity contribution < 1.29 is 68.9 Å². The maximum atomic E-state index is 4.39. The fraction of sp³-hybridized carbons (Fsp3) is 1.00. The number of rotatable bonds is 0. The summed E-state index contributed by atoms with van der Waals surface area (Å²) in [6, 6.07) is 0. The van der Waals surface area contributed by atoms with Crippen molar-refractivity contribution in [2.45, 2.75) is 6.92 Å². The van der Waals surface area contributed by atoms with Gasteiger partial charge < -0.3 is 12.6 Å². The van der Waals surface area contributed by atoms with Crippen LogP contribution in [0.5, 0.6) is 0 Å². The van der Waals surface area contributed by atoms with Gasteiger partial charge in [-0.1, -0.05) is 6.92 Å². The van der Waals surface area contributed by atoms with Crippen LogP contribution >= 0.6 is 0 Å². The molecule has 0 bridgehead atoms. The van der Waals surface area contributed by atoms with Crippen LogP contribution < -0.4 is 68.9 Å². The summed E-state index contributed by atoms with van der Waals surface area (Å²) < 4.78 is 0. The largest absolute Gasteiger partial charge is 1.00 e. The first-order valence-corrected chi connectivity index (χ1v) is 1.57. The van der Waals surface area contributed by atoms with E-state index in [1.54, 1.807) is 0 Å². The molecule has 0 aliphatic carbocycles. The predicted molar refractivity (Wildman–Crippen MR) is 17.9 cm³/mol. The second-order valence-electron chi connectivity index (χ2n) is 0.289. The van der Waals surface area contributed by atoms with E-state index in [2.05, 4.69) is 12.6 Å². The van der Waals surface area contributed by atoms with E-state index in [0.29, 0.717) is 0 Å². The molecule has 20 valence electrons. The minimum absolute atomic E-state index is 0. The van der Waals surface area contributed by atoms with Gasteiger partial charge in [-0.25, -0.2) is 0 Å². The summed E-state index contributed by atoms with van der Waals surface area (Å²) in [4.78, 5) is 0. The van der Waals surface area contributed by atoms with E-state index in [1.807, 2.05) is 6.92 Å². The molecule has 0 rings (SSSR count). The van der Waals surface area contributed by atoms with Crippen LogP contribution in [0.4, 0.5) is 0 Å². The average Bonchev–Trinajstić information content (AvgIpc) is 0.918. The molecule has 0 saturated heterocycles. The first-order chi connectivity index (χ1) is 1.41. The van der Waals surface area contributed by atoms with Crippen LogP contribution in [-0.4, -0.2) is 5.75 Å². The molecule has 0 unspecified atom stereocenters. The Balaban J connectivity index is 0. The quantitative estimate of drug-likeness (QED) is 0.386. The molecule has 4 heavy (non-hydrogen) atoms. The van der Waals surface area contributed by atoms with Gasteiger partial charge in [0.05, 0.1) is 0 Å². The van der Waals surface area contributed by atoms with Crippen molar-refractivity contribution in [3.63, 3.8) is 0 Å². The van der Waals surface area contributed by atoms with Crippen molar-refractivity contribution in [2.24, 2.45) is 0 Å². The summed E-state index contributed by atoms with van der Waals surface area (Å²) in [5, 5.41) is 0. The molecule has 0 aliphatic heterocycles. The summed E-state index contributed by atoms with van der Waals surface area (Å²) in [6.07, 6.45) is 0. The molecule has 0 nitrogen and oxygen atoms in total. The SMILES string of the molecule is CC[S-].[Cs+]. The van der Waals surface area contributed by atoms with E-state index in [-0.39, 0.29) is 68.9 Å². The van der Waals surface area contributed by atoms with Crippen LogP contribution in [0.25, 0.3) is 0 Å². The molecule has 0 spiro atoms. The van der Waals surface area contributed by atoms with Gasteiger partial charge in [-0.15, -0.1) is 0 Å². The van der Waals surface area contributed by atoms with Gasteiger partial charge in [0.1, 0.15) is 0 Å². The maximum absolute atomic E-state index is 4.39. The molecule has 0 aromatic carbocycles. The average molecular weight is 194 g/mol. The van der Waals surface area contributed by atoms with E-state index < -0.39 is 0 Å². The second kappa shape index (κ2) is 9.04. The summed E-state index contributed by atoms with van der Waals surface area (Å²) in [5.74, 6) is 0.833. The Morgan fingerprint density at radius 1 is 1.75 bits per heavy atom. The Labute approximate surface area is 91.6 Å². The zero-order chi connectivity index (χ0) is 2.71. The fourth-order valence-electron chi connectivity index (χ4n) is 0. The van der Waals surface area contributed by atoms with Crippen molar-refractivity contribution in [3.05, 3.63) is 0 Å². The van der Waals surface area contributed by atoms with E-state index in [0.717, 1.165) is 5.75 Å². The third-order valence-corrected chi connectivity index (χ3v) is 0. The monoisotopic (exact) mass is 194 g/mol. The van der Waals surface area contributed by atoms with Crippen molar-refractivity contribution in [1.82, 2.24) is 0 Å². The van der Waals surface area contributed by atoms with Crippen molar-refractivity contribution >= 4 is 12.6 Å². The van der Waals surface area contributed by atoms with Crippen molar-refractivity contribution in [3.8, 4) is 0 Å². The predicted octanol–water partition coefficient (Wildman–Crippen LogP) is -2.44. The topological polar surface area (TPSA) is 0 Å². The van der Waals surface area contributed by atoms with Gasteiger partial charge in [-0.2, -0.15) is 5.75 Å². The van der Waals surface area contributed by atoms with Gasteiger partial charge in [0.2, 0.25) is 0 Å². The molecular formula is C2H5CsS. The van der Waals surface area contributed by atoms with Crippen molar-refractivity contribution in [2.75, 3.05) is 5.75 Å². The minimum Gasteiger partial charge on any atom is -0.793 e. The molecule has 0 N–H and O–H groups in total. The van der Waals surface area contributed by atoms with Gasteiger partial charge in [0.15, 0.2) is 0 Å². The molecule has 0 aliphatic rings. The Kier molecular flexibility index (Phi) is 21.8. The summed E-state index contributed by atoms with van der Waals surface area (Å²) in [5.41, 5.74) is 0. The van der Waals surface area contributed by atoms with Crippen LogP contribution in [0.15, 0.2) is 0 Å². The van der Waals surface area contributed by atoms with Gasteiger partial charge in [0.25, 0.3) is 0 Å². The zero-order valence-electron chi connectivity index (χ0n) is 3.12. The summed E-state index contributed by atoms with van der Waals surface area (Å²) in [7, 11) is 0. The van der Waals surface area contributed by atoms with E-state index in [1.165, 1.54) is 0 Å². The Morgan fingerprint density at radius 3 is 1.75 bits per heavy atom. The Bertz CT molecular complexity index is 6.00. The number of hydrogen-bond donors (Lipinski definition) is 0. The molecule has 0 aromatic rings. The molecule has 0 radical (unpaired) electrons. The van der Waals surface area contributed by atoms with Gasteiger partial charge in [0, 0.05) is 0 Å². The second-order valence-corrected chi connectivity index (χ2v) is 0.866. The molecule has 0 amide bonds. The van der Waals surface area contributed by atoms with E-state index in [4.69, 9.17) is 0 Å². The third-order valence-electron chi connectivity index (χ3n) is 0. The standard InChI is InChI=1S/C2H6S.Cs/c1-2-3;/h3H,2H2,1H3;/q;+1/p-1. The van der Waals surface area contributed by atoms with Gasteiger partial charge in [-0.05, 0) is 0 Å². The third kappa shape index (κ3) is 8.83. The normalized spacial score (nSPS) is 4.50. The van der Waals surface area contributed by atoms with Gasteiger partial charge in [-0.3, -0.25) is 0 Å². The van der Waals surface area contributed by atoms with Crippen LogP contribution in [0.1, 0.15) is 6.92 Å². The smallest absolute Gasteiger partial charge is 0.793 e. The van der Waals surface area contributed by atoms with Crippen LogP contribution in [-0.2, 0) is 12.6 Å². The first kappa shape index (κ1) is 9.64. The zero-order valence-corrected chi connectivity index (χ0v) is 10.2. The van der Waals surface area contributed by atoms with Gasteiger partial charge >= 0.3 is 68.9 Å². The van der Waals surface area contributed by atoms with E-state index in [9.17, 15) is 0 Å². The summed E-state index contributed by atoms with van der Waals surface area (Å²) >= 11 is 4.39. The fourth-order valence-corrected chi connectivity index (χ4v) is 0. The molecule has 0 fully saturated rings. The maximum Gasteiger partial charge on any atom is 1.00 e. The van der Waals surface area contributed by atoms with Crippen molar-refractivity contribution in [1.29, 1.82) is 0 Å². The van der Waals surface area contributed by atoms with Crippen LogP contribution in [0.2, 0.25) is 0 Å². The Hall–Kier alpha value is 2.40. The Morgan fingerprint density at radius 2 is 1.75 bits per heavy atom. The molecule has 0 aromatic heterocycles. The summed E-state index contributed by atoms with van der Waals surface area (Å²) in [6.45, 7) is 1.94. The molecule has 0 heterocycles. The molecule has 2 heteroatoms.